The van der Waals surface area contributed by atoms with E-state index in [4.69, 9.17) is 4.42 Å². The maximum atomic E-state index is 12.8. The number of urea groups is 1. The molecule has 3 aromatic rings. The first-order valence-electron chi connectivity index (χ1n) is 8.96. The van der Waals surface area contributed by atoms with E-state index in [-0.39, 0.29) is 6.03 Å². The summed E-state index contributed by atoms with van der Waals surface area (Å²) in [4.78, 5) is 14.6. The molecule has 0 aliphatic carbocycles. The lowest BCUT2D eigenvalue weighted by atomic mass is 10.1. The Balaban J connectivity index is 1.71. The van der Waals surface area contributed by atoms with Crippen LogP contribution in [-0.4, -0.2) is 10.9 Å². The van der Waals surface area contributed by atoms with E-state index in [1.165, 1.54) is 5.56 Å². The van der Waals surface area contributed by atoms with Gasteiger partial charge in [-0.1, -0.05) is 55.8 Å². The number of hydrogen-bond acceptors (Lipinski definition) is 2. The van der Waals surface area contributed by atoms with Crippen molar-refractivity contribution >= 4 is 11.7 Å². The summed E-state index contributed by atoms with van der Waals surface area (Å²) in [7, 11) is 0. The highest BCUT2D eigenvalue weighted by Gasteiger charge is 2.16. The third-order valence-electron chi connectivity index (χ3n) is 4.17. The van der Waals surface area contributed by atoms with Crippen molar-refractivity contribution in [1.29, 1.82) is 0 Å². The van der Waals surface area contributed by atoms with Gasteiger partial charge >= 0.3 is 6.03 Å². The van der Waals surface area contributed by atoms with Gasteiger partial charge in [-0.3, -0.25) is 0 Å². The number of benzene rings is 2. The second-order valence-electron chi connectivity index (χ2n) is 6.30. The Labute approximate surface area is 154 Å². The van der Waals surface area contributed by atoms with Crippen molar-refractivity contribution in [2.75, 3.05) is 5.32 Å². The number of furan rings is 1. The van der Waals surface area contributed by atoms with E-state index in [1.807, 2.05) is 54.6 Å². The third-order valence-corrected chi connectivity index (χ3v) is 4.17. The highest BCUT2D eigenvalue weighted by Crippen LogP contribution is 2.15. The maximum Gasteiger partial charge on any atom is 0.322 e. The second-order valence-corrected chi connectivity index (χ2v) is 6.30. The summed E-state index contributed by atoms with van der Waals surface area (Å²) in [5.41, 5.74) is 3.15. The molecular weight excluding hydrogens is 324 g/mol. The average molecular weight is 348 g/mol. The highest BCUT2D eigenvalue weighted by molar-refractivity contribution is 5.89. The van der Waals surface area contributed by atoms with Gasteiger partial charge in [0.1, 0.15) is 5.76 Å². The summed E-state index contributed by atoms with van der Waals surface area (Å²) in [6.07, 6.45) is 3.78. The molecule has 4 heteroatoms. The standard InChI is InChI=1S/C22H24N2O2/c1-2-7-18-11-13-20(14-12-18)23-22(25)24(17-21-10-6-15-26-21)16-19-8-4-3-5-9-19/h3-6,8-15H,2,7,16-17H2,1H3,(H,23,25). The fourth-order valence-corrected chi connectivity index (χ4v) is 2.84. The molecule has 2 amide bonds. The fourth-order valence-electron chi connectivity index (χ4n) is 2.84. The first-order chi connectivity index (χ1) is 12.7. The predicted octanol–water partition coefficient (Wildman–Crippen LogP) is 5.47. The summed E-state index contributed by atoms with van der Waals surface area (Å²) in [6.45, 7) is 3.09. The molecule has 1 N–H and O–H groups in total. The molecule has 3 rings (SSSR count). The molecule has 0 unspecified atom stereocenters. The fraction of sp³-hybridized carbons (Fsp3) is 0.227. The summed E-state index contributed by atoms with van der Waals surface area (Å²) >= 11 is 0. The van der Waals surface area contributed by atoms with Crippen LogP contribution in [0.15, 0.2) is 77.4 Å². The van der Waals surface area contributed by atoms with E-state index in [9.17, 15) is 4.79 Å². The molecule has 1 aromatic heterocycles. The topological polar surface area (TPSA) is 45.5 Å². The number of carbonyl (C=O) groups excluding carboxylic acids is 1. The Hall–Kier alpha value is -3.01. The minimum atomic E-state index is -0.145. The number of rotatable bonds is 7. The van der Waals surface area contributed by atoms with Gasteiger partial charge in [0.15, 0.2) is 0 Å². The zero-order valence-corrected chi connectivity index (χ0v) is 15.0. The predicted molar refractivity (Wildman–Crippen MR) is 104 cm³/mol. The lowest BCUT2D eigenvalue weighted by molar-refractivity contribution is 0.201. The molecule has 0 saturated heterocycles. The molecule has 2 aromatic carbocycles. The van der Waals surface area contributed by atoms with Gasteiger partial charge in [-0.05, 0) is 41.8 Å². The second kappa shape index (κ2) is 8.90. The molecule has 0 saturated carbocycles. The molecule has 1 heterocycles. The van der Waals surface area contributed by atoms with Crippen molar-refractivity contribution in [3.63, 3.8) is 0 Å². The Kier molecular flexibility index (Phi) is 6.09. The molecular formula is C22H24N2O2. The van der Waals surface area contributed by atoms with Crippen molar-refractivity contribution in [3.05, 3.63) is 89.9 Å². The van der Waals surface area contributed by atoms with E-state index in [0.29, 0.717) is 13.1 Å². The molecule has 0 fully saturated rings. The van der Waals surface area contributed by atoms with Gasteiger partial charge in [0, 0.05) is 12.2 Å². The Bertz CT molecular complexity index is 796. The van der Waals surface area contributed by atoms with E-state index in [0.717, 1.165) is 29.9 Å². The molecule has 26 heavy (non-hydrogen) atoms. The average Bonchev–Trinajstić information content (AvgIpc) is 3.17. The van der Waals surface area contributed by atoms with Gasteiger partial charge in [0.2, 0.25) is 0 Å². The first-order valence-corrected chi connectivity index (χ1v) is 8.96. The number of nitrogens with one attached hydrogen (secondary N) is 1. The normalized spacial score (nSPS) is 10.5. The number of anilines is 1. The minimum absolute atomic E-state index is 0.145. The van der Waals surface area contributed by atoms with E-state index in [2.05, 4.69) is 24.4 Å². The number of nitrogens with zero attached hydrogens (tertiary/aromatic N) is 1. The van der Waals surface area contributed by atoms with E-state index in [1.54, 1.807) is 11.2 Å². The zero-order chi connectivity index (χ0) is 18.2. The van der Waals surface area contributed by atoms with Gasteiger partial charge in [-0.15, -0.1) is 0 Å². The minimum Gasteiger partial charge on any atom is -0.467 e. The van der Waals surface area contributed by atoms with Crippen LogP contribution in [0, 0.1) is 0 Å². The summed E-state index contributed by atoms with van der Waals surface area (Å²) < 4.78 is 5.42. The van der Waals surface area contributed by atoms with Crippen molar-refractivity contribution in [2.24, 2.45) is 0 Å². The van der Waals surface area contributed by atoms with Crippen molar-refractivity contribution in [3.8, 4) is 0 Å². The Morgan fingerprint density at radius 1 is 0.923 bits per heavy atom. The van der Waals surface area contributed by atoms with Crippen LogP contribution in [0.5, 0.6) is 0 Å². The van der Waals surface area contributed by atoms with Crippen molar-refractivity contribution < 1.29 is 9.21 Å². The van der Waals surface area contributed by atoms with Crippen LogP contribution < -0.4 is 5.32 Å². The maximum absolute atomic E-state index is 12.8. The molecule has 4 nitrogen and oxygen atoms in total. The summed E-state index contributed by atoms with van der Waals surface area (Å²) in [5, 5.41) is 2.99. The van der Waals surface area contributed by atoms with Gasteiger partial charge in [0.25, 0.3) is 0 Å². The summed E-state index contributed by atoms with van der Waals surface area (Å²) in [6, 6.07) is 21.6. The SMILES string of the molecule is CCCc1ccc(NC(=O)N(Cc2ccccc2)Cc2ccco2)cc1. The quantitative estimate of drug-likeness (QED) is 0.615. The van der Waals surface area contributed by atoms with Crippen LogP contribution >= 0.6 is 0 Å². The van der Waals surface area contributed by atoms with Crippen LogP contribution in [0.2, 0.25) is 0 Å². The van der Waals surface area contributed by atoms with Gasteiger partial charge < -0.3 is 14.6 Å². The largest absolute Gasteiger partial charge is 0.467 e. The first kappa shape index (κ1) is 17.8. The molecule has 0 spiro atoms. The zero-order valence-electron chi connectivity index (χ0n) is 15.0. The molecule has 0 bridgehead atoms. The third kappa shape index (κ3) is 4.99. The lowest BCUT2D eigenvalue weighted by Crippen LogP contribution is -2.33. The smallest absolute Gasteiger partial charge is 0.322 e. The molecule has 134 valence electrons. The summed E-state index contributed by atoms with van der Waals surface area (Å²) in [5.74, 6) is 0.759. The molecule has 0 aliphatic rings. The number of aryl methyl sites for hydroxylation is 1. The van der Waals surface area contributed by atoms with E-state index < -0.39 is 0 Å². The van der Waals surface area contributed by atoms with Crippen molar-refractivity contribution in [2.45, 2.75) is 32.9 Å². The Morgan fingerprint density at radius 2 is 1.69 bits per heavy atom. The van der Waals surface area contributed by atoms with Crippen LogP contribution in [0.3, 0.4) is 0 Å². The van der Waals surface area contributed by atoms with Gasteiger partial charge in [-0.25, -0.2) is 4.79 Å². The molecule has 0 atom stereocenters. The molecule has 0 aliphatic heterocycles. The number of amides is 2. The highest BCUT2D eigenvalue weighted by atomic mass is 16.3. The van der Waals surface area contributed by atoms with Gasteiger partial charge in [-0.2, -0.15) is 0 Å². The van der Waals surface area contributed by atoms with Crippen LogP contribution in [0.1, 0.15) is 30.2 Å². The van der Waals surface area contributed by atoms with Crippen LogP contribution in [-0.2, 0) is 19.5 Å². The van der Waals surface area contributed by atoms with Crippen LogP contribution in [0.25, 0.3) is 0 Å². The lowest BCUT2D eigenvalue weighted by Gasteiger charge is -2.22. The van der Waals surface area contributed by atoms with Crippen LogP contribution in [0.4, 0.5) is 10.5 Å². The number of carbonyl (C=O) groups is 1. The Morgan fingerprint density at radius 3 is 2.35 bits per heavy atom. The van der Waals surface area contributed by atoms with Crippen molar-refractivity contribution in [1.82, 2.24) is 4.90 Å². The monoisotopic (exact) mass is 348 g/mol. The van der Waals surface area contributed by atoms with Gasteiger partial charge in [0.05, 0.1) is 12.8 Å². The number of hydrogen-bond donors (Lipinski definition) is 1. The van der Waals surface area contributed by atoms with E-state index >= 15 is 0 Å². The molecule has 0 radical (unpaired) electrons.